The number of fused-ring (bicyclic) bond motifs is 1. The lowest BCUT2D eigenvalue weighted by Gasteiger charge is -2.08. The maximum Gasteiger partial charge on any atom is 0.134 e. The summed E-state index contributed by atoms with van der Waals surface area (Å²) in [6.07, 6.45) is 0. The normalized spacial score (nSPS) is 10.4. The Morgan fingerprint density at radius 3 is 2.69 bits per heavy atom. The van der Waals surface area contributed by atoms with Gasteiger partial charge in [-0.3, -0.25) is 0 Å². The number of benzene rings is 1. The zero-order valence-corrected chi connectivity index (χ0v) is 11.1. The predicted molar refractivity (Wildman–Crippen MR) is 68.6 cm³/mol. The molecular weight excluding hydrogens is 288 g/mol. The van der Waals surface area contributed by atoms with Gasteiger partial charge in [0.1, 0.15) is 11.2 Å². The van der Waals surface area contributed by atoms with Crippen LogP contribution in [0.5, 0.6) is 0 Å². The second-order valence-corrected chi connectivity index (χ2v) is 4.87. The highest BCUT2D eigenvalue weighted by atomic mass is 79.9. The molecule has 0 radical (unpaired) electrons. The molecule has 80 valence electrons. The highest BCUT2D eigenvalue weighted by Crippen LogP contribution is 2.30. The molecule has 0 aliphatic heterocycles. The van der Waals surface area contributed by atoms with E-state index in [0.717, 1.165) is 26.5 Å². The molecule has 2 aromatic rings. The lowest BCUT2D eigenvalue weighted by Crippen LogP contribution is -1.93. The molecular formula is C12H8BrClN2. The first-order chi connectivity index (χ1) is 7.54. The molecule has 1 aromatic heterocycles. The zero-order chi connectivity index (χ0) is 11.9. The Morgan fingerprint density at radius 1 is 1.38 bits per heavy atom. The summed E-state index contributed by atoms with van der Waals surface area (Å²) in [7, 11) is 0. The highest BCUT2D eigenvalue weighted by Gasteiger charge is 2.12. The molecule has 16 heavy (non-hydrogen) atoms. The minimum atomic E-state index is 0.383. The van der Waals surface area contributed by atoms with Gasteiger partial charge in [-0.05, 0) is 47.5 Å². The molecule has 2 nitrogen and oxygen atoms in total. The fourth-order valence-corrected chi connectivity index (χ4v) is 2.51. The van der Waals surface area contributed by atoms with Crippen molar-refractivity contribution in [2.75, 3.05) is 0 Å². The maximum atomic E-state index is 9.17. The zero-order valence-electron chi connectivity index (χ0n) is 8.81. The standard InChI is InChI=1S/C12H8BrClN2/c1-6-3-8-9(5-15)7(2)12(14)16-11(8)10(13)4-6/h3-4H,1-2H3. The van der Waals surface area contributed by atoms with Gasteiger partial charge < -0.3 is 0 Å². The molecule has 0 bridgehead atoms. The van der Waals surface area contributed by atoms with E-state index in [1.807, 2.05) is 26.0 Å². The van der Waals surface area contributed by atoms with Gasteiger partial charge in [-0.15, -0.1) is 0 Å². The van der Waals surface area contributed by atoms with E-state index in [4.69, 9.17) is 11.6 Å². The third kappa shape index (κ3) is 1.68. The van der Waals surface area contributed by atoms with Crippen molar-refractivity contribution >= 4 is 38.4 Å². The fourth-order valence-electron chi connectivity index (χ4n) is 1.67. The fraction of sp³-hybridized carbons (Fsp3) is 0.167. The van der Waals surface area contributed by atoms with Gasteiger partial charge in [-0.1, -0.05) is 11.6 Å². The molecule has 1 heterocycles. The van der Waals surface area contributed by atoms with Gasteiger partial charge in [-0.25, -0.2) is 4.98 Å². The average molecular weight is 296 g/mol. The van der Waals surface area contributed by atoms with Crippen LogP contribution >= 0.6 is 27.5 Å². The number of aryl methyl sites for hydroxylation is 1. The van der Waals surface area contributed by atoms with E-state index in [1.165, 1.54) is 0 Å². The van der Waals surface area contributed by atoms with Crippen LogP contribution in [0.25, 0.3) is 10.9 Å². The predicted octanol–water partition coefficient (Wildman–Crippen LogP) is 4.14. The molecule has 2 rings (SSSR count). The van der Waals surface area contributed by atoms with Gasteiger partial charge in [0.15, 0.2) is 0 Å². The van der Waals surface area contributed by atoms with Gasteiger partial charge in [0.05, 0.1) is 11.1 Å². The van der Waals surface area contributed by atoms with E-state index in [2.05, 4.69) is 27.0 Å². The molecule has 0 saturated carbocycles. The third-order valence-electron chi connectivity index (χ3n) is 2.48. The molecule has 0 N–H and O–H groups in total. The number of pyridine rings is 1. The van der Waals surface area contributed by atoms with Gasteiger partial charge >= 0.3 is 0 Å². The molecule has 0 amide bonds. The van der Waals surface area contributed by atoms with Crippen LogP contribution in [-0.4, -0.2) is 4.98 Å². The number of hydrogen-bond donors (Lipinski definition) is 0. The van der Waals surface area contributed by atoms with Crippen molar-refractivity contribution in [2.45, 2.75) is 13.8 Å². The number of aromatic nitrogens is 1. The SMILES string of the molecule is Cc1cc(Br)c2nc(Cl)c(C)c(C#N)c2c1. The second kappa shape index (κ2) is 4.04. The van der Waals surface area contributed by atoms with Crippen LogP contribution < -0.4 is 0 Å². The molecule has 4 heteroatoms. The van der Waals surface area contributed by atoms with Gasteiger partial charge in [0, 0.05) is 15.4 Å². The number of nitrogens with zero attached hydrogens (tertiary/aromatic N) is 2. The quantitative estimate of drug-likeness (QED) is 0.685. The lowest BCUT2D eigenvalue weighted by molar-refractivity contribution is 1.29. The Hall–Kier alpha value is -1.11. The van der Waals surface area contributed by atoms with E-state index in [0.29, 0.717) is 10.7 Å². The number of halogens is 2. The van der Waals surface area contributed by atoms with Crippen LogP contribution in [0.2, 0.25) is 5.15 Å². The molecule has 0 fully saturated rings. The van der Waals surface area contributed by atoms with Crippen LogP contribution in [0.4, 0.5) is 0 Å². The molecule has 0 aliphatic carbocycles. The first kappa shape index (κ1) is 11.4. The molecule has 0 unspecified atom stereocenters. The molecule has 0 atom stereocenters. The summed E-state index contributed by atoms with van der Waals surface area (Å²) in [5, 5.41) is 10.4. The van der Waals surface area contributed by atoms with E-state index in [1.54, 1.807) is 0 Å². The maximum absolute atomic E-state index is 9.17. The van der Waals surface area contributed by atoms with Gasteiger partial charge in [0.25, 0.3) is 0 Å². The van der Waals surface area contributed by atoms with Crippen LogP contribution in [0, 0.1) is 25.2 Å². The van der Waals surface area contributed by atoms with Crippen molar-refractivity contribution in [3.05, 3.63) is 38.4 Å². The summed E-state index contributed by atoms with van der Waals surface area (Å²) in [5.74, 6) is 0. The minimum absolute atomic E-state index is 0.383. The molecule has 0 saturated heterocycles. The van der Waals surface area contributed by atoms with Crippen LogP contribution in [-0.2, 0) is 0 Å². The van der Waals surface area contributed by atoms with E-state index >= 15 is 0 Å². The Kier molecular flexibility index (Phi) is 2.88. The number of rotatable bonds is 0. The van der Waals surface area contributed by atoms with E-state index < -0.39 is 0 Å². The average Bonchev–Trinajstić information content (AvgIpc) is 2.22. The van der Waals surface area contributed by atoms with Gasteiger partial charge in [-0.2, -0.15) is 5.26 Å². The highest BCUT2D eigenvalue weighted by molar-refractivity contribution is 9.10. The van der Waals surface area contributed by atoms with E-state index in [9.17, 15) is 5.26 Å². The first-order valence-electron chi connectivity index (χ1n) is 4.70. The van der Waals surface area contributed by atoms with Crippen molar-refractivity contribution in [1.82, 2.24) is 4.98 Å². The minimum Gasteiger partial charge on any atom is -0.235 e. The van der Waals surface area contributed by atoms with Crippen molar-refractivity contribution in [2.24, 2.45) is 0 Å². The summed E-state index contributed by atoms with van der Waals surface area (Å²) in [6, 6.07) is 6.10. The van der Waals surface area contributed by atoms with Crippen molar-refractivity contribution in [3.8, 4) is 6.07 Å². The smallest absolute Gasteiger partial charge is 0.134 e. The summed E-state index contributed by atoms with van der Waals surface area (Å²) >= 11 is 9.44. The van der Waals surface area contributed by atoms with Crippen LogP contribution in [0.1, 0.15) is 16.7 Å². The number of nitriles is 1. The third-order valence-corrected chi connectivity index (χ3v) is 3.46. The monoisotopic (exact) mass is 294 g/mol. The Morgan fingerprint density at radius 2 is 2.06 bits per heavy atom. The van der Waals surface area contributed by atoms with Crippen LogP contribution in [0.15, 0.2) is 16.6 Å². The topological polar surface area (TPSA) is 36.7 Å². The molecule has 0 aliphatic rings. The first-order valence-corrected chi connectivity index (χ1v) is 5.87. The lowest BCUT2D eigenvalue weighted by atomic mass is 10.0. The molecule has 0 spiro atoms. The second-order valence-electron chi connectivity index (χ2n) is 3.66. The van der Waals surface area contributed by atoms with Crippen LogP contribution in [0.3, 0.4) is 0 Å². The summed E-state index contributed by atoms with van der Waals surface area (Å²) in [5.41, 5.74) is 3.14. The summed E-state index contributed by atoms with van der Waals surface area (Å²) < 4.78 is 0.862. The Labute approximate surface area is 107 Å². The largest absolute Gasteiger partial charge is 0.235 e. The Balaban J connectivity index is 3.04. The Bertz CT molecular complexity index is 629. The van der Waals surface area contributed by atoms with Crippen molar-refractivity contribution in [3.63, 3.8) is 0 Å². The van der Waals surface area contributed by atoms with E-state index in [-0.39, 0.29) is 0 Å². The number of hydrogen-bond acceptors (Lipinski definition) is 2. The van der Waals surface area contributed by atoms with Crippen molar-refractivity contribution < 1.29 is 0 Å². The summed E-state index contributed by atoms with van der Waals surface area (Å²) in [4.78, 5) is 4.29. The molecule has 1 aromatic carbocycles. The van der Waals surface area contributed by atoms with Crippen molar-refractivity contribution in [1.29, 1.82) is 5.26 Å². The summed E-state index contributed by atoms with van der Waals surface area (Å²) in [6.45, 7) is 3.79. The van der Waals surface area contributed by atoms with Gasteiger partial charge in [0.2, 0.25) is 0 Å².